The summed E-state index contributed by atoms with van der Waals surface area (Å²) >= 11 is 8.39. The van der Waals surface area contributed by atoms with E-state index >= 15 is 0 Å². The number of anilines is 2. The lowest BCUT2D eigenvalue weighted by Crippen LogP contribution is -2.08. The van der Waals surface area contributed by atoms with Crippen LogP contribution >= 0.6 is 28.1 Å². The summed E-state index contributed by atoms with van der Waals surface area (Å²) < 4.78 is 1.03. The third-order valence-corrected chi connectivity index (χ3v) is 3.25. The molecule has 0 atom stereocenters. The molecule has 0 heterocycles. The molecule has 2 aromatic rings. The number of para-hydroxylation sites is 1. The van der Waals surface area contributed by atoms with Gasteiger partial charge in [0.2, 0.25) is 0 Å². The minimum Gasteiger partial charge on any atom is -0.389 e. The first-order chi connectivity index (χ1) is 8.16. The van der Waals surface area contributed by atoms with Crippen LogP contribution in [0.3, 0.4) is 0 Å². The van der Waals surface area contributed by atoms with Gasteiger partial charge in [0, 0.05) is 15.7 Å². The van der Waals surface area contributed by atoms with Crippen LogP contribution in [0.2, 0.25) is 0 Å². The minimum atomic E-state index is 0.414. The van der Waals surface area contributed by atoms with Gasteiger partial charge in [0.25, 0.3) is 0 Å². The minimum absolute atomic E-state index is 0.414. The SMILES string of the molecule is NC(=S)c1ccc(Nc2ccccc2Br)cc1. The van der Waals surface area contributed by atoms with E-state index in [1.54, 1.807) is 0 Å². The van der Waals surface area contributed by atoms with Crippen molar-refractivity contribution in [1.29, 1.82) is 0 Å². The predicted octanol–water partition coefficient (Wildman–Crippen LogP) is 3.83. The molecule has 86 valence electrons. The Labute approximate surface area is 114 Å². The summed E-state index contributed by atoms with van der Waals surface area (Å²) in [6.07, 6.45) is 0. The highest BCUT2D eigenvalue weighted by atomic mass is 79.9. The zero-order valence-corrected chi connectivity index (χ0v) is 11.4. The molecular formula is C13H11BrN2S. The quantitative estimate of drug-likeness (QED) is 0.847. The monoisotopic (exact) mass is 306 g/mol. The van der Waals surface area contributed by atoms with Gasteiger partial charge in [-0.05, 0) is 52.3 Å². The van der Waals surface area contributed by atoms with E-state index in [1.165, 1.54) is 0 Å². The zero-order chi connectivity index (χ0) is 12.3. The fraction of sp³-hybridized carbons (Fsp3) is 0. The Morgan fingerprint density at radius 2 is 1.71 bits per heavy atom. The van der Waals surface area contributed by atoms with Gasteiger partial charge in [-0.25, -0.2) is 0 Å². The van der Waals surface area contributed by atoms with E-state index in [1.807, 2.05) is 48.5 Å². The molecule has 0 fully saturated rings. The molecule has 2 aromatic carbocycles. The fourth-order valence-corrected chi connectivity index (χ4v) is 1.96. The topological polar surface area (TPSA) is 38.0 Å². The largest absolute Gasteiger partial charge is 0.389 e. The summed E-state index contributed by atoms with van der Waals surface area (Å²) in [6, 6.07) is 15.7. The van der Waals surface area contributed by atoms with Crippen molar-refractivity contribution in [2.45, 2.75) is 0 Å². The molecule has 0 amide bonds. The number of nitrogens with two attached hydrogens (primary N) is 1. The van der Waals surface area contributed by atoms with Crippen LogP contribution in [0, 0.1) is 0 Å². The van der Waals surface area contributed by atoms with E-state index in [4.69, 9.17) is 18.0 Å². The third kappa shape index (κ3) is 3.05. The van der Waals surface area contributed by atoms with Gasteiger partial charge in [-0.15, -0.1) is 0 Å². The molecule has 17 heavy (non-hydrogen) atoms. The summed E-state index contributed by atoms with van der Waals surface area (Å²) in [6.45, 7) is 0. The van der Waals surface area contributed by atoms with Crippen LogP contribution in [0.4, 0.5) is 11.4 Å². The molecule has 2 rings (SSSR count). The van der Waals surface area contributed by atoms with Gasteiger partial charge < -0.3 is 11.1 Å². The molecule has 3 N–H and O–H groups in total. The van der Waals surface area contributed by atoms with Crippen LogP contribution in [0.25, 0.3) is 0 Å². The average molecular weight is 307 g/mol. The van der Waals surface area contributed by atoms with Crippen LogP contribution in [0.5, 0.6) is 0 Å². The Morgan fingerprint density at radius 1 is 1.06 bits per heavy atom. The summed E-state index contributed by atoms with van der Waals surface area (Å²) in [5, 5.41) is 3.31. The van der Waals surface area contributed by atoms with Crippen molar-refractivity contribution >= 4 is 44.5 Å². The van der Waals surface area contributed by atoms with E-state index in [2.05, 4.69) is 21.2 Å². The third-order valence-electron chi connectivity index (χ3n) is 2.32. The zero-order valence-electron chi connectivity index (χ0n) is 8.98. The molecule has 0 aromatic heterocycles. The summed E-state index contributed by atoms with van der Waals surface area (Å²) in [7, 11) is 0. The lowest BCUT2D eigenvalue weighted by molar-refractivity contribution is 1.51. The number of rotatable bonds is 3. The molecule has 2 nitrogen and oxygen atoms in total. The van der Waals surface area contributed by atoms with Crippen molar-refractivity contribution in [3.8, 4) is 0 Å². The summed E-state index contributed by atoms with van der Waals surface area (Å²) in [5.41, 5.74) is 8.44. The molecule has 0 aliphatic carbocycles. The number of benzene rings is 2. The van der Waals surface area contributed by atoms with Gasteiger partial charge in [-0.3, -0.25) is 0 Å². The molecule has 4 heteroatoms. The molecule has 0 aliphatic heterocycles. The van der Waals surface area contributed by atoms with Crippen molar-refractivity contribution in [2.24, 2.45) is 5.73 Å². The number of nitrogens with one attached hydrogen (secondary N) is 1. The standard InChI is InChI=1S/C13H11BrN2S/c14-11-3-1-2-4-12(11)16-10-7-5-9(6-8-10)13(15)17/h1-8,16H,(H2,15,17). The van der Waals surface area contributed by atoms with E-state index in [0.29, 0.717) is 4.99 Å². The Hall–Kier alpha value is -1.39. The molecule has 0 aliphatic rings. The first kappa shape index (κ1) is 12.1. The lowest BCUT2D eigenvalue weighted by Gasteiger charge is -2.08. The van der Waals surface area contributed by atoms with Gasteiger partial charge >= 0.3 is 0 Å². The Bertz CT molecular complexity index is 537. The Kier molecular flexibility index (Phi) is 3.76. The number of hydrogen-bond acceptors (Lipinski definition) is 2. The first-order valence-electron chi connectivity index (χ1n) is 5.08. The predicted molar refractivity (Wildman–Crippen MR) is 79.8 cm³/mol. The van der Waals surface area contributed by atoms with Crippen molar-refractivity contribution < 1.29 is 0 Å². The molecule has 0 saturated carbocycles. The average Bonchev–Trinajstić information content (AvgIpc) is 2.33. The molecule has 0 spiro atoms. The molecule has 0 bridgehead atoms. The van der Waals surface area contributed by atoms with Crippen LogP contribution in [-0.2, 0) is 0 Å². The van der Waals surface area contributed by atoms with E-state index < -0.39 is 0 Å². The molecule has 0 radical (unpaired) electrons. The molecular weight excluding hydrogens is 296 g/mol. The van der Waals surface area contributed by atoms with E-state index in [-0.39, 0.29) is 0 Å². The highest BCUT2D eigenvalue weighted by Gasteiger charge is 2.00. The maximum absolute atomic E-state index is 5.54. The van der Waals surface area contributed by atoms with Crippen molar-refractivity contribution in [1.82, 2.24) is 0 Å². The number of hydrogen-bond donors (Lipinski definition) is 2. The second-order valence-corrected chi connectivity index (χ2v) is 4.84. The smallest absolute Gasteiger partial charge is 0.103 e. The van der Waals surface area contributed by atoms with Crippen molar-refractivity contribution in [2.75, 3.05) is 5.32 Å². The maximum Gasteiger partial charge on any atom is 0.103 e. The molecule has 0 unspecified atom stereocenters. The van der Waals surface area contributed by atoms with Gasteiger partial charge in [0.05, 0.1) is 5.69 Å². The van der Waals surface area contributed by atoms with Gasteiger partial charge in [0.15, 0.2) is 0 Å². The summed E-state index contributed by atoms with van der Waals surface area (Å²) in [4.78, 5) is 0.414. The normalized spacial score (nSPS) is 9.94. The van der Waals surface area contributed by atoms with Crippen LogP contribution in [0.1, 0.15) is 5.56 Å². The first-order valence-corrected chi connectivity index (χ1v) is 6.28. The van der Waals surface area contributed by atoms with E-state index in [9.17, 15) is 0 Å². The Balaban J connectivity index is 2.20. The summed E-state index contributed by atoms with van der Waals surface area (Å²) in [5.74, 6) is 0. The highest BCUT2D eigenvalue weighted by molar-refractivity contribution is 9.10. The second kappa shape index (κ2) is 5.29. The van der Waals surface area contributed by atoms with Crippen LogP contribution < -0.4 is 11.1 Å². The van der Waals surface area contributed by atoms with Crippen LogP contribution in [0.15, 0.2) is 53.0 Å². The number of thiocarbonyl (C=S) groups is 1. The lowest BCUT2D eigenvalue weighted by atomic mass is 10.2. The highest BCUT2D eigenvalue weighted by Crippen LogP contribution is 2.25. The van der Waals surface area contributed by atoms with Crippen molar-refractivity contribution in [3.63, 3.8) is 0 Å². The van der Waals surface area contributed by atoms with E-state index in [0.717, 1.165) is 21.4 Å². The van der Waals surface area contributed by atoms with Gasteiger partial charge in [-0.2, -0.15) is 0 Å². The molecule has 0 saturated heterocycles. The van der Waals surface area contributed by atoms with Gasteiger partial charge in [0.1, 0.15) is 4.99 Å². The van der Waals surface area contributed by atoms with Crippen molar-refractivity contribution in [3.05, 3.63) is 58.6 Å². The number of halogens is 1. The fourth-order valence-electron chi connectivity index (χ4n) is 1.44. The van der Waals surface area contributed by atoms with Crippen LogP contribution in [-0.4, -0.2) is 4.99 Å². The maximum atomic E-state index is 5.54. The Morgan fingerprint density at radius 3 is 2.29 bits per heavy atom. The van der Waals surface area contributed by atoms with Gasteiger partial charge in [-0.1, -0.05) is 24.4 Å². The second-order valence-electron chi connectivity index (χ2n) is 3.55.